The van der Waals surface area contributed by atoms with Crippen LogP contribution in [0.3, 0.4) is 0 Å². The van der Waals surface area contributed by atoms with Gasteiger partial charge in [0, 0.05) is 19.2 Å². The van der Waals surface area contributed by atoms with Crippen LogP contribution in [-0.4, -0.2) is 39.5 Å². The second-order valence-electron chi connectivity index (χ2n) is 5.07. The number of rotatable bonds is 3. The van der Waals surface area contributed by atoms with Crippen LogP contribution in [0.1, 0.15) is 23.7 Å². The predicted octanol–water partition coefficient (Wildman–Crippen LogP) is 0.477. The van der Waals surface area contributed by atoms with Crippen LogP contribution < -0.4 is 11.3 Å². The van der Waals surface area contributed by atoms with Crippen molar-refractivity contribution in [1.82, 2.24) is 4.90 Å². The topological polar surface area (TPSA) is 122 Å². The first-order valence-electron chi connectivity index (χ1n) is 6.11. The fourth-order valence-corrected chi connectivity index (χ4v) is 2.31. The van der Waals surface area contributed by atoms with Crippen LogP contribution in [0.15, 0.2) is 18.2 Å². The van der Waals surface area contributed by atoms with E-state index in [1.54, 1.807) is 6.92 Å². The van der Waals surface area contributed by atoms with Gasteiger partial charge in [0.05, 0.1) is 16.1 Å². The number of carbonyl (C=O) groups excluding carboxylic acids is 1. The molecule has 0 bridgehead atoms. The number of para-hydroxylation sites is 1. The van der Waals surface area contributed by atoms with Crippen LogP contribution in [0.2, 0.25) is 0 Å². The van der Waals surface area contributed by atoms with Gasteiger partial charge in [0.15, 0.2) is 0 Å². The number of β-amino-alcohol motifs (C(OH)–C–C–N with tert-alkyl or cyclic N) is 1. The van der Waals surface area contributed by atoms with Crippen LogP contribution in [0.25, 0.3) is 0 Å². The molecule has 1 heterocycles. The van der Waals surface area contributed by atoms with Gasteiger partial charge in [-0.2, -0.15) is 0 Å². The van der Waals surface area contributed by atoms with Crippen molar-refractivity contribution in [2.75, 3.05) is 18.5 Å². The Bertz CT molecular complexity index is 558. The van der Waals surface area contributed by atoms with Gasteiger partial charge in [0.25, 0.3) is 11.6 Å². The molecule has 0 aromatic heterocycles. The van der Waals surface area contributed by atoms with E-state index in [-0.39, 0.29) is 29.4 Å². The van der Waals surface area contributed by atoms with Crippen molar-refractivity contribution in [3.05, 3.63) is 33.9 Å². The number of hydrazine groups is 1. The minimum Gasteiger partial charge on any atom is -0.388 e. The molecule has 0 radical (unpaired) electrons. The molecule has 108 valence electrons. The minimum atomic E-state index is -0.924. The van der Waals surface area contributed by atoms with Crippen molar-refractivity contribution in [2.24, 2.45) is 5.84 Å². The van der Waals surface area contributed by atoms with Crippen molar-refractivity contribution < 1.29 is 14.8 Å². The van der Waals surface area contributed by atoms with Gasteiger partial charge < -0.3 is 15.4 Å². The Balaban J connectivity index is 2.36. The van der Waals surface area contributed by atoms with Crippen LogP contribution in [0, 0.1) is 10.1 Å². The Morgan fingerprint density at radius 2 is 2.30 bits per heavy atom. The molecule has 1 fully saturated rings. The Morgan fingerprint density at radius 1 is 1.60 bits per heavy atom. The van der Waals surface area contributed by atoms with Gasteiger partial charge in [-0.25, -0.2) is 0 Å². The summed E-state index contributed by atoms with van der Waals surface area (Å²) in [6.07, 6.45) is 0.471. The second kappa shape index (κ2) is 5.06. The number of hydrogen-bond donors (Lipinski definition) is 3. The van der Waals surface area contributed by atoms with Crippen molar-refractivity contribution in [3.8, 4) is 0 Å². The number of nitro groups is 1. The molecule has 20 heavy (non-hydrogen) atoms. The normalized spacial score (nSPS) is 21.9. The molecule has 1 aliphatic rings. The monoisotopic (exact) mass is 280 g/mol. The number of aliphatic hydroxyl groups is 1. The molecular formula is C12H16N4O4. The van der Waals surface area contributed by atoms with E-state index in [0.717, 1.165) is 0 Å². The van der Waals surface area contributed by atoms with E-state index < -0.39 is 10.5 Å². The quantitative estimate of drug-likeness (QED) is 0.420. The molecule has 0 aliphatic carbocycles. The van der Waals surface area contributed by atoms with Gasteiger partial charge in [0.1, 0.15) is 5.69 Å². The van der Waals surface area contributed by atoms with Gasteiger partial charge in [-0.1, -0.05) is 6.07 Å². The SMILES string of the molecule is CC1(O)CCN(C(=O)c2cccc([N+](=O)[O-])c2NN)C1. The predicted molar refractivity (Wildman–Crippen MR) is 72.1 cm³/mol. The molecule has 1 aromatic rings. The van der Waals surface area contributed by atoms with E-state index in [1.807, 2.05) is 0 Å². The van der Waals surface area contributed by atoms with E-state index in [0.29, 0.717) is 13.0 Å². The number of hydrogen-bond acceptors (Lipinski definition) is 6. The summed E-state index contributed by atoms with van der Waals surface area (Å²) in [6.45, 7) is 2.24. The molecule has 8 heteroatoms. The fourth-order valence-electron chi connectivity index (χ4n) is 2.31. The van der Waals surface area contributed by atoms with E-state index in [2.05, 4.69) is 5.43 Å². The maximum Gasteiger partial charge on any atom is 0.294 e. The Hall–Kier alpha value is -2.19. The smallest absolute Gasteiger partial charge is 0.294 e. The summed E-state index contributed by atoms with van der Waals surface area (Å²) in [6, 6.07) is 4.17. The van der Waals surface area contributed by atoms with Crippen LogP contribution in [0.4, 0.5) is 11.4 Å². The number of nitrogens with two attached hydrogens (primary N) is 1. The third-order valence-corrected chi connectivity index (χ3v) is 3.35. The largest absolute Gasteiger partial charge is 0.388 e. The summed E-state index contributed by atoms with van der Waals surface area (Å²) in [5.41, 5.74) is 1.14. The maximum atomic E-state index is 12.4. The number of nitrogens with zero attached hydrogens (tertiary/aromatic N) is 2. The van der Waals surface area contributed by atoms with Crippen molar-refractivity contribution in [1.29, 1.82) is 0 Å². The average Bonchev–Trinajstić information content (AvgIpc) is 2.77. The van der Waals surface area contributed by atoms with Gasteiger partial charge in [-0.15, -0.1) is 0 Å². The van der Waals surface area contributed by atoms with Crippen molar-refractivity contribution in [3.63, 3.8) is 0 Å². The summed E-state index contributed by atoms with van der Waals surface area (Å²) >= 11 is 0. The lowest BCUT2D eigenvalue weighted by molar-refractivity contribution is -0.384. The molecule has 4 N–H and O–H groups in total. The number of carbonyl (C=O) groups is 1. The molecule has 0 spiro atoms. The molecule has 8 nitrogen and oxygen atoms in total. The van der Waals surface area contributed by atoms with E-state index in [1.165, 1.54) is 23.1 Å². The summed E-state index contributed by atoms with van der Waals surface area (Å²) in [5, 5.41) is 20.8. The lowest BCUT2D eigenvalue weighted by atomic mass is 10.1. The summed E-state index contributed by atoms with van der Waals surface area (Å²) in [7, 11) is 0. The highest BCUT2D eigenvalue weighted by Crippen LogP contribution is 2.30. The number of anilines is 1. The number of nitrogens with one attached hydrogen (secondary N) is 1. The summed E-state index contributed by atoms with van der Waals surface area (Å²) < 4.78 is 0. The highest BCUT2D eigenvalue weighted by molar-refractivity contribution is 6.01. The maximum absolute atomic E-state index is 12.4. The zero-order valence-corrected chi connectivity index (χ0v) is 11.0. The van der Waals surface area contributed by atoms with Crippen LogP contribution in [0.5, 0.6) is 0 Å². The van der Waals surface area contributed by atoms with Gasteiger partial charge in [-0.05, 0) is 19.4 Å². The van der Waals surface area contributed by atoms with Gasteiger partial charge >= 0.3 is 0 Å². The van der Waals surface area contributed by atoms with Crippen molar-refractivity contribution >= 4 is 17.3 Å². The van der Waals surface area contributed by atoms with Crippen molar-refractivity contribution in [2.45, 2.75) is 18.9 Å². The molecule has 0 saturated carbocycles. The first-order chi connectivity index (χ1) is 9.35. The highest BCUT2D eigenvalue weighted by atomic mass is 16.6. The Labute approximate surface area is 115 Å². The first-order valence-corrected chi connectivity index (χ1v) is 6.11. The Kier molecular flexibility index (Phi) is 3.60. The van der Waals surface area contributed by atoms with Gasteiger partial charge in [-0.3, -0.25) is 20.8 Å². The number of benzene rings is 1. The fraction of sp³-hybridized carbons (Fsp3) is 0.417. The molecule has 2 rings (SSSR count). The highest BCUT2D eigenvalue weighted by Gasteiger charge is 2.35. The van der Waals surface area contributed by atoms with E-state index in [9.17, 15) is 20.0 Å². The number of nitro benzene ring substituents is 1. The molecular weight excluding hydrogens is 264 g/mol. The first kappa shape index (κ1) is 14.2. The second-order valence-corrected chi connectivity index (χ2v) is 5.07. The number of likely N-dealkylation sites (tertiary alicyclic amines) is 1. The van der Waals surface area contributed by atoms with Crippen LogP contribution >= 0.6 is 0 Å². The summed E-state index contributed by atoms with van der Waals surface area (Å²) in [4.78, 5) is 24.2. The molecule has 1 amide bonds. The zero-order chi connectivity index (χ0) is 14.9. The number of amides is 1. The Morgan fingerprint density at radius 3 is 2.80 bits per heavy atom. The lowest BCUT2D eigenvalue weighted by Gasteiger charge is -2.20. The zero-order valence-electron chi connectivity index (χ0n) is 11.0. The standard InChI is InChI=1S/C12H16N4O4/c1-12(18)5-6-15(7-12)11(17)8-3-2-4-9(16(19)20)10(8)14-13/h2-4,14,18H,5-7,13H2,1H3. The summed E-state index contributed by atoms with van der Waals surface area (Å²) in [5.74, 6) is 4.92. The minimum absolute atomic E-state index is 0.0194. The number of nitrogen functional groups attached to an aromatic ring is 1. The lowest BCUT2D eigenvalue weighted by Crippen LogP contribution is -2.34. The molecule has 1 aromatic carbocycles. The average molecular weight is 280 g/mol. The molecule has 1 aliphatic heterocycles. The van der Waals surface area contributed by atoms with Gasteiger partial charge in [0.2, 0.25) is 0 Å². The van der Waals surface area contributed by atoms with E-state index >= 15 is 0 Å². The molecule has 1 saturated heterocycles. The molecule has 1 unspecified atom stereocenters. The third kappa shape index (κ3) is 2.56. The van der Waals surface area contributed by atoms with E-state index in [4.69, 9.17) is 5.84 Å². The molecule has 1 atom stereocenters. The third-order valence-electron chi connectivity index (χ3n) is 3.35. The van der Waals surface area contributed by atoms with Crippen LogP contribution in [-0.2, 0) is 0 Å².